The Morgan fingerprint density at radius 1 is 1.08 bits per heavy atom. The molecule has 0 aromatic heterocycles. The Morgan fingerprint density at radius 3 is 2.62 bits per heavy atom. The van der Waals surface area contributed by atoms with Crippen LogP contribution in [0.3, 0.4) is 0 Å². The Morgan fingerprint density at radius 2 is 1.81 bits per heavy atom. The Hall–Kier alpha value is -2.32. The van der Waals surface area contributed by atoms with Crippen molar-refractivity contribution in [3.05, 3.63) is 53.0 Å². The predicted molar refractivity (Wildman–Crippen MR) is 105 cm³/mol. The minimum Gasteiger partial charge on any atom is -0.347 e. The molecule has 0 saturated heterocycles. The Bertz CT molecular complexity index is 859. The summed E-state index contributed by atoms with van der Waals surface area (Å²) in [6.45, 7) is -0.157. The molecule has 1 aliphatic rings. The Kier molecular flexibility index (Phi) is 5.95. The molecule has 0 radical (unpaired) electrons. The zero-order chi connectivity index (χ0) is 18.5. The molecule has 3 rings (SSSR count). The largest absolute Gasteiger partial charge is 0.347 e. The lowest BCUT2D eigenvalue weighted by Gasteiger charge is -2.23. The zero-order valence-electron chi connectivity index (χ0n) is 13.6. The molecule has 1 unspecified atom stereocenters. The molecule has 2 aromatic rings. The summed E-state index contributed by atoms with van der Waals surface area (Å²) in [7, 11) is 0. The van der Waals surface area contributed by atoms with Crippen molar-refractivity contribution in [2.75, 3.05) is 17.2 Å². The number of carbonyl (C=O) groups is 3. The molecular weight excluding hydrogens is 418 g/mol. The first-order chi connectivity index (χ1) is 12.5. The van der Waals surface area contributed by atoms with Crippen molar-refractivity contribution in [3.63, 3.8) is 0 Å². The third-order valence-electron chi connectivity index (χ3n) is 3.67. The number of benzene rings is 2. The highest BCUT2D eigenvalue weighted by Crippen LogP contribution is 2.36. The molecule has 0 spiro atoms. The van der Waals surface area contributed by atoms with Gasteiger partial charge in [-0.05, 0) is 40.2 Å². The highest BCUT2D eigenvalue weighted by molar-refractivity contribution is 9.10. The van der Waals surface area contributed by atoms with Crippen LogP contribution in [0.1, 0.15) is 6.42 Å². The fraction of sp³-hybridized carbons (Fsp3) is 0.167. The average molecular weight is 434 g/mol. The van der Waals surface area contributed by atoms with Crippen molar-refractivity contribution in [2.45, 2.75) is 16.6 Å². The van der Waals surface area contributed by atoms with E-state index < -0.39 is 5.25 Å². The van der Waals surface area contributed by atoms with E-state index in [1.165, 1.54) is 11.8 Å². The number of carbonyl (C=O) groups excluding carboxylic acids is 3. The number of fused-ring (bicyclic) bond motifs is 1. The van der Waals surface area contributed by atoms with Crippen molar-refractivity contribution < 1.29 is 14.4 Å². The molecule has 26 heavy (non-hydrogen) atoms. The molecule has 1 atom stereocenters. The van der Waals surface area contributed by atoms with E-state index in [0.717, 1.165) is 15.1 Å². The second-order valence-corrected chi connectivity index (χ2v) is 7.70. The smallest absolute Gasteiger partial charge is 0.243 e. The first-order valence-corrected chi connectivity index (χ1v) is 9.58. The summed E-state index contributed by atoms with van der Waals surface area (Å²) in [6, 6.07) is 14.7. The number of hydrogen-bond acceptors (Lipinski definition) is 4. The van der Waals surface area contributed by atoms with Gasteiger partial charge in [0.05, 0.1) is 23.2 Å². The summed E-state index contributed by atoms with van der Waals surface area (Å²) in [5, 5.41) is 7.54. The summed E-state index contributed by atoms with van der Waals surface area (Å²) >= 11 is 4.69. The van der Waals surface area contributed by atoms with Crippen LogP contribution >= 0.6 is 27.7 Å². The minimum absolute atomic E-state index is 0.00709. The number of amides is 3. The first-order valence-electron chi connectivity index (χ1n) is 7.90. The lowest BCUT2D eigenvalue weighted by molar-refractivity contribution is -0.125. The van der Waals surface area contributed by atoms with Gasteiger partial charge in [0.1, 0.15) is 0 Å². The highest BCUT2D eigenvalue weighted by atomic mass is 79.9. The Balaban J connectivity index is 1.49. The van der Waals surface area contributed by atoms with E-state index in [1.807, 2.05) is 36.4 Å². The van der Waals surface area contributed by atoms with E-state index in [2.05, 4.69) is 31.9 Å². The Labute approximate surface area is 163 Å². The number of nitrogens with one attached hydrogen (secondary N) is 3. The lowest BCUT2D eigenvalue weighted by atomic mass is 10.2. The number of anilines is 2. The van der Waals surface area contributed by atoms with Crippen molar-refractivity contribution in [3.8, 4) is 0 Å². The molecule has 134 valence electrons. The summed E-state index contributed by atoms with van der Waals surface area (Å²) in [5.41, 5.74) is 1.39. The van der Waals surface area contributed by atoms with Gasteiger partial charge in [0.2, 0.25) is 17.7 Å². The molecule has 0 saturated carbocycles. The fourth-order valence-electron chi connectivity index (χ4n) is 2.40. The number of hydrogen-bond donors (Lipinski definition) is 3. The van der Waals surface area contributed by atoms with Crippen LogP contribution < -0.4 is 16.0 Å². The standard InChI is InChI=1S/C18H16BrN3O3S/c19-11-5-1-2-6-12(11)21-17(24)10-20-16(23)9-15-18(25)22-13-7-3-4-8-14(13)26-15/h1-8,15H,9-10H2,(H,20,23)(H,21,24)(H,22,25). The lowest BCUT2D eigenvalue weighted by Crippen LogP contribution is -2.37. The monoisotopic (exact) mass is 433 g/mol. The van der Waals surface area contributed by atoms with Crippen LogP contribution in [0.2, 0.25) is 0 Å². The van der Waals surface area contributed by atoms with Crippen LogP contribution in [-0.4, -0.2) is 29.5 Å². The van der Waals surface area contributed by atoms with Crippen LogP contribution in [0.15, 0.2) is 57.9 Å². The van der Waals surface area contributed by atoms with Gasteiger partial charge in [-0.3, -0.25) is 14.4 Å². The van der Waals surface area contributed by atoms with Crippen LogP contribution in [0.5, 0.6) is 0 Å². The zero-order valence-corrected chi connectivity index (χ0v) is 16.0. The number of para-hydroxylation sites is 2. The molecule has 0 bridgehead atoms. The molecule has 1 heterocycles. The summed E-state index contributed by atoms with van der Waals surface area (Å²) < 4.78 is 0.758. The number of thioether (sulfide) groups is 1. The average Bonchev–Trinajstić information content (AvgIpc) is 2.62. The molecule has 3 N–H and O–H groups in total. The SMILES string of the molecule is O=C(CC1Sc2ccccc2NC1=O)NCC(=O)Nc1ccccc1Br. The van der Waals surface area contributed by atoms with Gasteiger partial charge in [-0.25, -0.2) is 0 Å². The van der Waals surface area contributed by atoms with Gasteiger partial charge < -0.3 is 16.0 Å². The van der Waals surface area contributed by atoms with Gasteiger partial charge in [-0.2, -0.15) is 0 Å². The van der Waals surface area contributed by atoms with E-state index in [1.54, 1.807) is 12.1 Å². The number of rotatable bonds is 5. The summed E-state index contributed by atoms with van der Waals surface area (Å²) in [4.78, 5) is 37.1. The topological polar surface area (TPSA) is 87.3 Å². The van der Waals surface area contributed by atoms with E-state index in [0.29, 0.717) is 5.69 Å². The van der Waals surface area contributed by atoms with Crippen molar-refractivity contribution in [1.29, 1.82) is 0 Å². The molecule has 8 heteroatoms. The van der Waals surface area contributed by atoms with E-state index in [9.17, 15) is 14.4 Å². The molecule has 0 aliphatic carbocycles. The second kappa shape index (κ2) is 8.37. The third kappa shape index (κ3) is 4.64. The van der Waals surface area contributed by atoms with Gasteiger partial charge in [0.15, 0.2) is 0 Å². The van der Waals surface area contributed by atoms with E-state index in [-0.39, 0.29) is 30.7 Å². The molecule has 2 aromatic carbocycles. The normalized spacial score (nSPS) is 15.6. The van der Waals surface area contributed by atoms with Gasteiger partial charge >= 0.3 is 0 Å². The second-order valence-electron chi connectivity index (χ2n) is 5.60. The quantitative estimate of drug-likeness (QED) is 0.676. The van der Waals surface area contributed by atoms with Gasteiger partial charge in [-0.1, -0.05) is 24.3 Å². The van der Waals surface area contributed by atoms with Gasteiger partial charge in [0, 0.05) is 15.8 Å². The molecule has 1 aliphatic heterocycles. The number of halogens is 1. The van der Waals surface area contributed by atoms with Crippen LogP contribution in [0, 0.1) is 0 Å². The molecule has 3 amide bonds. The van der Waals surface area contributed by atoms with Crippen molar-refractivity contribution >= 4 is 56.8 Å². The van der Waals surface area contributed by atoms with Crippen molar-refractivity contribution in [2.24, 2.45) is 0 Å². The summed E-state index contributed by atoms with van der Waals surface area (Å²) in [5.74, 6) is -0.892. The van der Waals surface area contributed by atoms with Gasteiger partial charge in [0.25, 0.3) is 0 Å². The van der Waals surface area contributed by atoms with Crippen molar-refractivity contribution in [1.82, 2.24) is 5.32 Å². The maximum absolute atomic E-state index is 12.1. The molecule has 0 fully saturated rings. The first kappa shape index (κ1) is 18.5. The summed E-state index contributed by atoms with van der Waals surface area (Å²) in [6.07, 6.45) is 0.00709. The fourth-order valence-corrected chi connectivity index (χ4v) is 3.90. The van der Waals surface area contributed by atoms with Crippen LogP contribution in [0.4, 0.5) is 11.4 Å². The molecule has 6 nitrogen and oxygen atoms in total. The maximum Gasteiger partial charge on any atom is 0.243 e. The third-order valence-corrected chi connectivity index (χ3v) is 5.64. The van der Waals surface area contributed by atoms with Crippen LogP contribution in [-0.2, 0) is 14.4 Å². The predicted octanol–water partition coefficient (Wildman–Crippen LogP) is 3.01. The van der Waals surface area contributed by atoms with Gasteiger partial charge in [-0.15, -0.1) is 11.8 Å². The minimum atomic E-state index is -0.517. The van der Waals surface area contributed by atoms with E-state index >= 15 is 0 Å². The maximum atomic E-state index is 12.1. The van der Waals surface area contributed by atoms with Crippen LogP contribution in [0.25, 0.3) is 0 Å². The van der Waals surface area contributed by atoms with E-state index in [4.69, 9.17) is 0 Å². The molecular formula is C18H16BrN3O3S. The highest BCUT2D eigenvalue weighted by Gasteiger charge is 2.28.